The van der Waals surface area contributed by atoms with Crippen molar-refractivity contribution in [2.24, 2.45) is 0 Å². The number of anilines is 1. The standard InChI is InChI=1S/C32H29Cl2N3O3/c1-2-16-35-31(39)28(18-21-8-4-3-5-9-21)36(19-22-14-15-25(33)26(34)17-22)29(38)20-37-27-13-7-11-23-10-6-12-24(30(23)27)32(37)40/h3-15,17,28H,2,16,18-20H2,1H3,(H,35,39). The molecule has 0 saturated carbocycles. The minimum Gasteiger partial charge on any atom is -0.354 e. The molecule has 0 aromatic heterocycles. The number of carbonyl (C=O) groups is 3. The molecule has 0 radical (unpaired) electrons. The van der Waals surface area contributed by atoms with E-state index < -0.39 is 6.04 Å². The third-order valence-electron chi connectivity index (χ3n) is 7.10. The van der Waals surface area contributed by atoms with Crippen molar-refractivity contribution in [3.8, 4) is 0 Å². The maximum Gasteiger partial charge on any atom is 0.259 e. The Kier molecular flexibility index (Phi) is 8.38. The molecule has 4 aromatic rings. The number of amides is 3. The zero-order chi connectivity index (χ0) is 28.2. The summed E-state index contributed by atoms with van der Waals surface area (Å²) < 4.78 is 0. The van der Waals surface area contributed by atoms with Crippen molar-refractivity contribution in [1.82, 2.24) is 10.2 Å². The molecule has 1 aliphatic rings. The molecule has 204 valence electrons. The van der Waals surface area contributed by atoms with E-state index in [-0.39, 0.29) is 30.8 Å². The number of hydrogen-bond donors (Lipinski definition) is 1. The Hall–Kier alpha value is -3.87. The summed E-state index contributed by atoms with van der Waals surface area (Å²) in [6.07, 6.45) is 1.07. The summed E-state index contributed by atoms with van der Waals surface area (Å²) in [5, 5.41) is 5.50. The van der Waals surface area contributed by atoms with E-state index in [2.05, 4.69) is 5.32 Å². The van der Waals surface area contributed by atoms with Crippen LogP contribution in [0.5, 0.6) is 0 Å². The van der Waals surface area contributed by atoms with Crippen molar-refractivity contribution < 1.29 is 14.4 Å². The lowest BCUT2D eigenvalue weighted by Gasteiger charge is -2.33. The van der Waals surface area contributed by atoms with E-state index >= 15 is 0 Å². The fraction of sp³-hybridized carbons (Fsp3) is 0.219. The van der Waals surface area contributed by atoms with Crippen molar-refractivity contribution in [3.05, 3.63) is 112 Å². The van der Waals surface area contributed by atoms with Gasteiger partial charge in [-0.1, -0.05) is 90.8 Å². The summed E-state index contributed by atoms with van der Waals surface area (Å²) in [5.74, 6) is -0.834. The number of halogens is 2. The molecule has 0 bridgehead atoms. The summed E-state index contributed by atoms with van der Waals surface area (Å²) in [6, 6.07) is 25.2. The highest BCUT2D eigenvalue weighted by atomic mass is 35.5. The molecule has 3 amide bonds. The van der Waals surface area contributed by atoms with Gasteiger partial charge in [-0.3, -0.25) is 19.3 Å². The molecule has 0 saturated heterocycles. The predicted molar refractivity (Wildman–Crippen MR) is 160 cm³/mol. The van der Waals surface area contributed by atoms with Crippen molar-refractivity contribution in [3.63, 3.8) is 0 Å². The summed E-state index contributed by atoms with van der Waals surface area (Å²) in [5.41, 5.74) is 2.90. The van der Waals surface area contributed by atoms with Crippen LogP contribution in [0.1, 0.15) is 34.8 Å². The van der Waals surface area contributed by atoms with E-state index in [4.69, 9.17) is 23.2 Å². The number of benzene rings is 4. The van der Waals surface area contributed by atoms with Gasteiger partial charge in [-0.25, -0.2) is 0 Å². The monoisotopic (exact) mass is 573 g/mol. The summed E-state index contributed by atoms with van der Waals surface area (Å²) in [6.45, 7) is 2.37. The molecule has 6 nitrogen and oxygen atoms in total. The summed E-state index contributed by atoms with van der Waals surface area (Å²) in [7, 11) is 0. The van der Waals surface area contributed by atoms with Crippen molar-refractivity contribution in [2.75, 3.05) is 18.0 Å². The topological polar surface area (TPSA) is 69.7 Å². The van der Waals surface area contributed by atoms with Crippen LogP contribution >= 0.6 is 23.2 Å². The average molecular weight is 575 g/mol. The van der Waals surface area contributed by atoms with E-state index in [1.54, 1.807) is 29.2 Å². The van der Waals surface area contributed by atoms with Crippen LogP contribution in [0.3, 0.4) is 0 Å². The van der Waals surface area contributed by atoms with Crippen LogP contribution in [-0.4, -0.2) is 41.8 Å². The van der Waals surface area contributed by atoms with Crippen LogP contribution in [0.25, 0.3) is 10.8 Å². The molecule has 1 N–H and O–H groups in total. The molecular formula is C32H29Cl2N3O3. The number of nitrogens with one attached hydrogen (secondary N) is 1. The van der Waals surface area contributed by atoms with Gasteiger partial charge in [0.25, 0.3) is 5.91 Å². The molecule has 4 aromatic carbocycles. The Morgan fingerprint density at radius 3 is 2.38 bits per heavy atom. The quantitative estimate of drug-likeness (QED) is 0.243. The third-order valence-corrected chi connectivity index (χ3v) is 7.84. The molecule has 0 spiro atoms. The Bertz CT molecular complexity index is 1570. The molecule has 40 heavy (non-hydrogen) atoms. The Balaban J connectivity index is 1.51. The molecule has 0 aliphatic carbocycles. The minimum absolute atomic E-state index is 0.117. The first-order chi connectivity index (χ1) is 19.4. The second kappa shape index (κ2) is 12.1. The summed E-state index contributed by atoms with van der Waals surface area (Å²) >= 11 is 12.5. The molecule has 8 heteroatoms. The zero-order valence-electron chi connectivity index (χ0n) is 22.1. The van der Waals surface area contributed by atoms with Crippen LogP contribution in [0.15, 0.2) is 84.9 Å². The lowest BCUT2D eigenvalue weighted by molar-refractivity contribution is -0.140. The van der Waals surface area contributed by atoms with Crippen LogP contribution in [0.4, 0.5) is 5.69 Å². The van der Waals surface area contributed by atoms with Crippen LogP contribution in [0.2, 0.25) is 10.0 Å². The van der Waals surface area contributed by atoms with Crippen molar-refractivity contribution in [1.29, 1.82) is 0 Å². The van der Waals surface area contributed by atoms with E-state index in [9.17, 15) is 14.4 Å². The highest BCUT2D eigenvalue weighted by Gasteiger charge is 2.35. The average Bonchev–Trinajstić information content (AvgIpc) is 3.23. The second-order valence-corrected chi connectivity index (χ2v) is 10.7. The first kappa shape index (κ1) is 27.7. The van der Waals surface area contributed by atoms with Gasteiger partial charge in [0.05, 0.1) is 15.7 Å². The second-order valence-electron chi connectivity index (χ2n) is 9.84. The SMILES string of the molecule is CCCNC(=O)C(Cc1ccccc1)N(Cc1ccc(Cl)c(Cl)c1)C(=O)CN1C(=O)c2cccc3cccc1c23. The molecule has 0 fully saturated rings. The van der Waals surface area contributed by atoms with E-state index in [1.807, 2.05) is 67.6 Å². The predicted octanol–water partition coefficient (Wildman–Crippen LogP) is 6.27. The highest BCUT2D eigenvalue weighted by molar-refractivity contribution is 6.42. The Morgan fingerprint density at radius 2 is 1.65 bits per heavy atom. The molecule has 5 rings (SSSR count). The molecular weight excluding hydrogens is 545 g/mol. The molecule has 1 aliphatic heterocycles. The van der Waals surface area contributed by atoms with Gasteiger partial charge in [0.1, 0.15) is 12.6 Å². The van der Waals surface area contributed by atoms with E-state index in [0.29, 0.717) is 34.3 Å². The third kappa shape index (κ3) is 5.69. The number of carbonyl (C=O) groups excluding carboxylic acids is 3. The summed E-state index contributed by atoms with van der Waals surface area (Å²) in [4.78, 5) is 44.2. The van der Waals surface area contributed by atoms with Gasteiger partial charge in [-0.05, 0) is 47.2 Å². The zero-order valence-corrected chi connectivity index (χ0v) is 23.6. The van der Waals surface area contributed by atoms with E-state index in [0.717, 1.165) is 28.3 Å². The van der Waals surface area contributed by atoms with Gasteiger partial charge >= 0.3 is 0 Å². The smallest absolute Gasteiger partial charge is 0.259 e. The normalized spacial score (nSPS) is 13.0. The van der Waals surface area contributed by atoms with Gasteiger partial charge in [-0.15, -0.1) is 0 Å². The van der Waals surface area contributed by atoms with Crippen molar-refractivity contribution >= 4 is 57.4 Å². The lowest BCUT2D eigenvalue weighted by atomic mass is 10.0. The number of rotatable bonds is 10. The van der Waals surface area contributed by atoms with Gasteiger partial charge in [-0.2, -0.15) is 0 Å². The fourth-order valence-corrected chi connectivity index (χ4v) is 5.44. The van der Waals surface area contributed by atoms with Crippen LogP contribution in [-0.2, 0) is 22.6 Å². The molecule has 1 atom stereocenters. The maximum atomic E-state index is 14.2. The van der Waals surface area contributed by atoms with Gasteiger partial charge in [0.2, 0.25) is 11.8 Å². The fourth-order valence-electron chi connectivity index (χ4n) is 5.12. The van der Waals surface area contributed by atoms with Crippen molar-refractivity contribution in [2.45, 2.75) is 32.4 Å². The Morgan fingerprint density at radius 1 is 0.900 bits per heavy atom. The first-order valence-electron chi connectivity index (χ1n) is 13.3. The minimum atomic E-state index is -0.813. The van der Waals surface area contributed by atoms with Gasteiger partial charge in [0.15, 0.2) is 0 Å². The van der Waals surface area contributed by atoms with Gasteiger partial charge in [0, 0.05) is 30.5 Å². The molecule has 1 unspecified atom stereocenters. The van der Waals surface area contributed by atoms with Gasteiger partial charge < -0.3 is 10.2 Å². The highest BCUT2D eigenvalue weighted by Crippen LogP contribution is 2.37. The maximum absolute atomic E-state index is 14.2. The number of hydrogen-bond acceptors (Lipinski definition) is 3. The lowest BCUT2D eigenvalue weighted by Crippen LogP contribution is -2.53. The first-order valence-corrected chi connectivity index (χ1v) is 14.0. The Labute approximate surface area is 243 Å². The van der Waals surface area contributed by atoms with Crippen LogP contribution in [0, 0.1) is 0 Å². The largest absolute Gasteiger partial charge is 0.354 e. The molecule has 1 heterocycles. The number of nitrogens with zero attached hydrogens (tertiary/aromatic N) is 2. The van der Waals surface area contributed by atoms with Crippen LogP contribution < -0.4 is 10.2 Å². The van der Waals surface area contributed by atoms with E-state index in [1.165, 1.54) is 4.90 Å².